The number of nitro groups is 1. The molecule has 2 aromatic rings. The van der Waals surface area contributed by atoms with E-state index in [0.717, 1.165) is 23.1 Å². The van der Waals surface area contributed by atoms with Gasteiger partial charge in [-0.3, -0.25) is 10.1 Å². The van der Waals surface area contributed by atoms with E-state index in [4.69, 9.17) is 14.0 Å². The topological polar surface area (TPSA) is 87.6 Å². The van der Waals surface area contributed by atoms with Crippen LogP contribution in [0.2, 0.25) is 0 Å². The van der Waals surface area contributed by atoms with Gasteiger partial charge in [0.25, 0.3) is 5.69 Å². The average molecular weight is 350 g/mol. The lowest BCUT2D eigenvalue weighted by molar-refractivity contribution is -0.385. The summed E-state index contributed by atoms with van der Waals surface area (Å²) in [5.74, 6) is 0. The van der Waals surface area contributed by atoms with Gasteiger partial charge >= 0.3 is 0 Å². The highest BCUT2D eigenvalue weighted by molar-refractivity contribution is 8.00. The number of fused-ring (bicyclic) bond motifs is 1. The van der Waals surface area contributed by atoms with Crippen LogP contribution in [0.3, 0.4) is 0 Å². The second-order valence-electron chi connectivity index (χ2n) is 6.09. The molecule has 0 N–H and O–H groups in total. The van der Waals surface area contributed by atoms with Gasteiger partial charge in [-0.05, 0) is 12.8 Å². The zero-order chi connectivity index (χ0) is 16.5. The third kappa shape index (κ3) is 3.01. The van der Waals surface area contributed by atoms with Gasteiger partial charge in [0, 0.05) is 16.2 Å². The summed E-state index contributed by atoms with van der Waals surface area (Å²) in [6, 6.07) is 3.04. The van der Waals surface area contributed by atoms with Gasteiger partial charge in [0.05, 0.1) is 29.6 Å². The minimum Gasteiger partial charge on any atom is -0.356 e. The van der Waals surface area contributed by atoms with Crippen molar-refractivity contribution in [1.82, 2.24) is 5.16 Å². The van der Waals surface area contributed by atoms with E-state index in [1.807, 2.05) is 0 Å². The number of nitrogens with zero attached hydrogens (tertiary/aromatic N) is 2. The Hall–Kier alpha value is -1.64. The number of nitro benzene ring substituents is 1. The van der Waals surface area contributed by atoms with Crippen LogP contribution in [0.25, 0.3) is 11.0 Å². The van der Waals surface area contributed by atoms with E-state index in [1.54, 1.807) is 17.8 Å². The molecule has 0 spiro atoms. The first-order valence-corrected chi connectivity index (χ1v) is 9.08. The molecule has 1 aromatic carbocycles. The second kappa shape index (κ2) is 6.70. The van der Waals surface area contributed by atoms with Crippen molar-refractivity contribution >= 4 is 28.4 Å². The lowest BCUT2D eigenvalue weighted by Crippen LogP contribution is -2.08. The molecule has 128 valence electrons. The van der Waals surface area contributed by atoms with Gasteiger partial charge in [-0.15, -0.1) is 11.8 Å². The van der Waals surface area contributed by atoms with Crippen LogP contribution in [0.4, 0.5) is 5.69 Å². The SMILES string of the molecule is O=[N+]([O-])c1cc(SC2CCCCC2)c2c(C3OCCO3)noc2c1. The van der Waals surface area contributed by atoms with Crippen LogP contribution >= 0.6 is 11.8 Å². The molecule has 0 radical (unpaired) electrons. The molecule has 0 amide bonds. The summed E-state index contributed by atoms with van der Waals surface area (Å²) in [6.45, 7) is 1.02. The first-order valence-electron chi connectivity index (χ1n) is 8.20. The normalized spacial score (nSPS) is 20.0. The molecule has 2 aliphatic rings. The summed E-state index contributed by atoms with van der Waals surface area (Å²) in [6.07, 6.45) is 5.39. The number of thioether (sulfide) groups is 1. The molecule has 1 aliphatic heterocycles. The lowest BCUT2D eigenvalue weighted by atomic mass is 10.0. The Morgan fingerprint density at radius 3 is 2.62 bits per heavy atom. The van der Waals surface area contributed by atoms with Crippen molar-refractivity contribution in [1.29, 1.82) is 0 Å². The van der Waals surface area contributed by atoms with Crippen molar-refractivity contribution in [2.24, 2.45) is 0 Å². The number of hydrogen-bond acceptors (Lipinski definition) is 7. The fourth-order valence-electron chi connectivity index (χ4n) is 3.28. The number of hydrogen-bond donors (Lipinski definition) is 0. The van der Waals surface area contributed by atoms with Crippen LogP contribution in [-0.2, 0) is 9.47 Å². The van der Waals surface area contributed by atoms with Crippen molar-refractivity contribution in [2.45, 2.75) is 48.5 Å². The fraction of sp³-hybridized carbons (Fsp3) is 0.562. The highest BCUT2D eigenvalue weighted by Crippen LogP contribution is 2.42. The van der Waals surface area contributed by atoms with Crippen molar-refractivity contribution in [3.63, 3.8) is 0 Å². The average Bonchev–Trinajstić information content (AvgIpc) is 3.24. The molecule has 4 rings (SSSR count). The molecule has 2 fully saturated rings. The van der Waals surface area contributed by atoms with E-state index in [-0.39, 0.29) is 5.69 Å². The molecule has 2 heterocycles. The maximum absolute atomic E-state index is 11.2. The van der Waals surface area contributed by atoms with E-state index in [9.17, 15) is 10.1 Å². The molecule has 1 aromatic heterocycles. The van der Waals surface area contributed by atoms with Gasteiger partial charge in [0.15, 0.2) is 5.58 Å². The monoisotopic (exact) mass is 350 g/mol. The van der Waals surface area contributed by atoms with Crippen molar-refractivity contribution in [3.8, 4) is 0 Å². The van der Waals surface area contributed by atoms with Gasteiger partial charge in [-0.1, -0.05) is 24.4 Å². The maximum atomic E-state index is 11.2. The van der Waals surface area contributed by atoms with E-state index in [1.165, 1.54) is 25.3 Å². The predicted octanol–water partition coefficient (Wildman–Crippen LogP) is 4.21. The fourth-order valence-corrected chi connectivity index (χ4v) is 4.72. The van der Waals surface area contributed by atoms with Crippen LogP contribution in [0.15, 0.2) is 21.6 Å². The molecular weight excluding hydrogens is 332 g/mol. The van der Waals surface area contributed by atoms with Gasteiger partial charge in [-0.25, -0.2) is 0 Å². The first-order chi connectivity index (χ1) is 11.7. The van der Waals surface area contributed by atoms with Crippen LogP contribution < -0.4 is 0 Å². The van der Waals surface area contributed by atoms with Crippen molar-refractivity contribution in [2.75, 3.05) is 13.2 Å². The lowest BCUT2D eigenvalue weighted by Gasteiger charge is -2.21. The molecule has 0 bridgehead atoms. The smallest absolute Gasteiger partial charge is 0.274 e. The Labute approximate surface area is 142 Å². The van der Waals surface area contributed by atoms with Gasteiger partial charge in [0.2, 0.25) is 6.29 Å². The summed E-state index contributed by atoms with van der Waals surface area (Å²) >= 11 is 1.69. The summed E-state index contributed by atoms with van der Waals surface area (Å²) in [5.41, 5.74) is 1.02. The van der Waals surface area contributed by atoms with Gasteiger partial charge in [-0.2, -0.15) is 0 Å². The minimum absolute atomic E-state index is 0.0248. The number of rotatable bonds is 4. The predicted molar refractivity (Wildman–Crippen MR) is 88.0 cm³/mol. The second-order valence-corrected chi connectivity index (χ2v) is 7.44. The molecule has 24 heavy (non-hydrogen) atoms. The molecule has 0 atom stereocenters. The minimum atomic E-state index is -0.557. The largest absolute Gasteiger partial charge is 0.356 e. The molecule has 0 unspecified atom stereocenters. The highest BCUT2D eigenvalue weighted by atomic mass is 32.2. The Morgan fingerprint density at radius 1 is 1.17 bits per heavy atom. The third-order valence-electron chi connectivity index (χ3n) is 4.45. The molecule has 8 heteroatoms. The zero-order valence-electron chi connectivity index (χ0n) is 13.1. The summed E-state index contributed by atoms with van der Waals surface area (Å²) in [5, 5.41) is 16.6. The maximum Gasteiger partial charge on any atom is 0.274 e. The van der Waals surface area contributed by atoms with E-state index >= 15 is 0 Å². The van der Waals surface area contributed by atoms with Crippen LogP contribution in [0, 0.1) is 10.1 Å². The number of benzene rings is 1. The molecular formula is C16H18N2O5S. The highest BCUT2D eigenvalue weighted by Gasteiger charge is 2.29. The zero-order valence-corrected chi connectivity index (χ0v) is 13.9. The first kappa shape index (κ1) is 15.9. The summed E-state index contributed by atoms with van der Waals surface area (Å²) in [7, 11) is 0. The summed E-state index contributed by atoms with van der Waals surface area (Å²) < 4.78 is 16.4. The van der Waals surface area contributed by atoms with Crippen molar-refractivity contribution in [3.05, 3.63) is 27.9 Å². The van der Waals surface area contributed by atoms with E-state index in [0.29, 0.717) is 29.7 Å². The van der Waals surface area contributed by atoms with Crippen LogP contribution in [0.5, 0.6) is 0 Å². The van der Waals surface area contributed by atoms with Gasteiger partial charge < -0.3 is 14.0 Å². The Bertz CT molecular complexity index is 750. The van der Waals surface area contributed by atoms with Gasteiger partial charge in [0.1, 0.15) is 5.69 Å². The standard InChI is InChI=1S/C16H18N2O5S/c19-18(20)10-8-12-14(15(17-23-12)16-21-6-7-22-16)13(9-10)24-11-4-2-1-3-5-11/h8-9,11,16H,1-7H2. The Morgan fingerprint density at radius 2 is 1.92 bits per heavy atom. The van der Waals surface area contributed by atoms with E-state index < -0.39 is 11.2 Å². The Kier molecular flexibility index (Phi) is 4.43. The van der Waals surface area contributed by atoms with E-state index in [2.05, 4.69) is 5.16 Å². The molecule has 7 nitrogen and oxygen atoms in total. The quantitative estimate of drug-likeness (QED) is 0.603. The Balaban J connectivity index is 1.77. The van der Waals surface area contributed by atoms with Crippen LogP contribution in [0.1, 0.15) is 44.1 Å². The number of ether oxygens (including phenoxy) is 2. The summed E-state index contributed by atoms with van der Waals surface area (Å²) in [4.78, 5) is 11.7. The number of aromatic nitrogens is 1. The molecule has 1 saturated carbocycles. The number of non-ortho nitro benzene ring substituents is 1. The van der Waals surface area contributed by atoms with Crippen LogP contribution in [-0.4, -0.2) is 28.5 Å². The van der Waals surface area contributed by atoms with Crippen molar-refractivity contribution < 1.29 is 18.9 Å². The molecule has 1 saturated heterocycles. The third-order valence-corrected chi connectivity index (χ3v) is 5.83. The molecule has 1 aliphatic carbocycles.